The lowest BCUT2D eigenvalue weighted by Crippen LogP contribution is -2.41. The quantitative estimate of drug-likeness (QED) is 0.507. The minimum absolute atomic E-state index is 0.0205. The second kappa shape index (κ2) is 10.2. The van der Waals surface area contributed by atoms with Crippen LogP contribution in [0.3, 0.4) is 0 Å². The molecule has 10 heteroatoms. The third-order valence-electron chi connectivity index (χ3n) is 5.48. The van der Waals surface area contributed by atoms with Crippen molar-refractivity contribution in [3.63, 3.8) is 0 Å². The molecule has 0 saturated heterocycles. The van der Waals surface area contributed by atoms with Crippen molar-refractivity contribution >= 4 is 21.6 Å². The molecule has 0 radical (unpaired) electrons. The summed E-state index contributed by atoms with van der Waals surface area (Å²) < 4.78 is 58.2. The van der Waals surface area contributed by atoms with Crippen LogP contribution in [0, 0.1) is 5.82 Å². The summed E-state index contributed by atoms with van der Waals surface area (Å²) in [5.74, 6) is 0.207. The van der Waals surface area contributed by atoms with E-state index in [-0.39, 0.29) is 22.9 Å². The van der Waals surface area contributed by atoms with E-state index in [0.717, 1.165) is 15.9 Å². The molecule has 1 heterocycles. The minimum atomic E-state index is -4.26. The Morgan fingerprint density at radius 3 is 2.46 bits per heavy atom. The molecular weight excluding hydrogens is 475 g/mol. The molecule has 1 N–H and O–H groups in total. The number of rotatable bonds is 8. The van der Waals surface area contributed by atoms with Gasteiger partial charge >= 0.3 is 0 Å². The van der Waals surface area contributed by atoms with Gasteiger partial charge in [0, 0.05) is 6.07 Å². The van der Waals surface area contributed by atoms with Crippen molar-refractivity contribution in [3.8, 4) is 17.2 Å². The zero-order valence-electron chi connectivity index (χ0n) is 19.2. The molecule has 1 unspecified atom stereocenters. The predicted octanol–water partition coefficient (Wildman–Crippen LogP) is 3.68. The maximum atomic E-state index is 14.0. The van der Waals surface area contributed by atoms with Gasteiger partial charge in [0.05, 0.1) is 23.7 Å². The van der Waals surface area contributed by atoms with Crippen molar-refractivity contribution in [2.24, 2.45) is 0 Å². The molecule has 3 aromatic carbocycles. The van der Waals surface area contributed by atoms with Gasteiger partial charge in [0.15, 0.2) is 11.5 Å². The van der Waals surface area contributed by atoms with Crippen LogP contribution < -0.4 is 23.8 Å². The van der Waals surface area contributed by atoms with Crippen LogP contribution in [0.25, 0.3) is 0 Å². The number of hydrogen-bond acceptors (Lipinski definition) is 6. The first-order valence-corrected chi connectivity index (χ1v) is 12.3. The standard InChI is InChI=1S/C25H25FN2O6S/c1-17(18-6-8-21(32-2)9-7-18)27-25(29)16-28(20-5-3-4-19(26)14-20)35(30,31)22-10-11-23-24(15-22)34-13-12-33-23/h3-11,14-15,17H,12-13,16H2,1-2H3,(H,27,29). The van der Waals surface area contributed by atoms with Gasteiger partial charge in [0.1, 0.15) is 31.3 Å². The lowest BCUT2D eigenvalue weighted by Gasteiger charge is -2.26. The molecule has 0 aromatic heterocycles. The van der Waals surface area contributed by atoms with E-state index in [1.54, 1.807) is 38.3 Å². The fourth-order valence-corrected chi connectivity index (χ4v) is 5.08. The molecule has 1 atom stereocenters. The summed E-state index contributed by atoms with van der Waals surface area (Å²) in [5, 5.41) is 2.80. The van der Waals surface area contributed by atoms with Gasteiger partial charge in [-0.25, -0.2) is 12.8 Å². The van der Waals surface area contributed by atoms with Crippen molar-refractivity contribution in [1.29, 1.82) is 0 Å². The first-order chi connectivity index (χ1) is 16.8. The van der Waals surface area contributed by atoms with Gasteiger partial charge < -0.3 is 19.5 Å². The second-order valence-electron chi connectivity index (χ2n) is 7.86. The number of amides is 1. The van der Waals surface area contributed by atoms with Crippen LogP contribution in [-0.2, 0) is 14.8 Å². The van der Waals surface area contributed by atoms with E-state index in [1.807, 2.05) is 0 Å². The zero-order valence-corrected chi connectivity index (χ0v) is 20.0. The van der Waals surface area contributed by atoms with E-state index in [1.165, 1.54) is 36.4 Å². The number of nitrogens with zero attached hydrogens (tertiary/aromatic N) is 1. The van der Waals surface area contributed by atoms with Crippen molar-refractivity contribution in [2.45, 2.75) is 17.9 Å². The molecule has 0 aliphatic carbocycles. The topological polar surface area (TPSA) is 94.2 Å². The van der Waals surface area contributed by atoms with Gasteiger partial charge in [-0.3, -0.25) is 9.10 Å². The van der Waals surface area contributed by atoms with Gasteiger partial charge in [-0.15, -0.1) is 0 Å². The van der Waals surface area contributed by atoms with Gasteiger partial charge in [0.25, 0.3) is 10.0 Å². The first-order valence-electron chi connectivity index (χ1n) is 10.9. The zero-order chi connectivity index (χ0) is 25.0. The van der Waals surface area contributed by atoms with Crippen molar-refractivity contribution in [2.75, 3.05) is 31.2 Å². The van der Waals surface area contributed by atoms with Gasteiger partial charge in [0.2, 0.25) is 5.91 Å². The smallest absolute Gasteiger partial charge is 0.264 e. The Morgan fingerprint density at radius 1 is 1.06 bits per heavy atom. The largest absolute Gasteiger partial charge is 0.497 e. The van der Waals surface area contributed by atoms with Gasteiger partial charge in [-0.2, -0.15) is 0 Å². The number of hydrogen-bond donors (Lipinski definition) is 1. The number of ether oxygens (including phenoxy) is 3. The van der Waals surface area contributed by atoms with E-state index in [2.05, 4.69) is 5.32 Å². The fraction of sp³-hybridized carbons (Fsp3) is 0.240. The summed E-state index contributed by atoms with van der Waals surface area (Å²) in [5.41, 5.74) is 0.832. The molecule has 0 fully saturated rings. The van der Waals surface area contributed by atoms with Crippen LogP contribution in [-0.4, -0.2) is 41.2 Å². The average Bonchev–Trinajstić information content (AvgIpc) is 2.86. The molecule has 1 aliphatic rings. The van der Waals surface area contributed by atoms with Crippen molar-refractivity contribution in [1.82, 2.24) is 5.32 Å². The highest BCUT2D eigenvalue weighted by Gasteiger charge is 2.29. The van der Waals surface area contributed by atoms with E-state index < -0.39 is 34.3 Å². The third kappa shape index (κ3) is 5.48. The lowest BCUT2D eigenvalue weighted by molar-refractivity contribution is -0.120. The number of halogens is 1. The Labute approximate surface area is 203 Å². The molecule has 0 saturated carbocycles. The van der Waals surface area contributed by atoms with Crippen LogP contribution in [0.4, 0.5) is 10.1 Å². The van der Waals surface area contributed by atoms with Gasteiger partial charge in [-0.1, -0.05) is 18.2 Å². The summed E-state index contributed by atoms with van der Waals surface area (Å²) in [6, 6.07) is 16.0. The molecule has 1 amide bonds. The molecule has 8 nitrogen and oxygen atoms in total. The lowest BCUT2D eigenvalue weighted by atomic mass is 10.1. The number of carbonyl (C=O) groups excluding carboxylic acids is 1. The fourth-order valence-electron chi connectivity index (χ4n) is 3.65. The van der Waals surface area contributed by atoms with Crippen molar-refractivity contribution < 1.29 is 31.8 Å². The highest BCUT2D eigenvalue weighted by Crippen LogP contribution is 2.34. The molecule has 1 aliphatic heterocycles. The number of carbonyl (C=O) groups is 1. The summed E-state index contributed by atoms with van der Waals surface area (Å²) in [6.07, 6.45) is 0. The second-order valence-corrected chi connectivity index (χ2v) is 9.72. The Kier molecular flexibility index (Phi) is 7.11. The Hall–Kier alpha value is -3.79. The first kappa shape index (κ1) is 24.3. The maximum Gasteiger partial charge on any atom is 0.264 e. The number of sulfonamides is 1. The predicted molar refractivity (Wildman–Crippen MR) is 128 cm³/mol. The Bertz CT molecular complexity index is 1310. The molecule has 35 heavy (non-hydrogen) atoms. The summed E-state index contributed by atoms with van der Waals surface area (Å²) >= 11 is 0. The molecule has 0 bridgehead atoms. The maximum absolute atomic E-state index is 14.0. The number of methoxy groups -OCH3 is 1. The Balaban J connectivity index is 1.61. The molecule has 4 rings (SSSR count). The molecule has 3 aromatic rings. The van der Waals surface area contributed by atoms with Crippen LogP contribution in [0.2, 0.25) is 0 Å². The number of fused-ring (bicyclic) bond motifs is 1. The minimum Gasteiger partial charge on any atom is -0.497 e. The molecule has 184 valence electrons. The van der Waals surface area contributed by atoms with Gasteiger partial charge in [-0.05, 0) is 55.0 Å². The summed E-state index contributed by atoms with van der Waals surface area (Å²) in [4.78, 5) is 12.8. The van der Waals surface area contributed by atoms with Crippen LogP contribution in [0.15, 0.2) is 71.6 Å². The number of nitrogens with one attached hydrogen (secondary N) is 1. The van der Waals surface area contributed by atoms with Crippen LogP contribution in [0.5, 0.6) is 17.2 Å². The Morgan fingerprint density at radius 2 is 1.77 bits per heavy atom. The van der Waals surface area contributed by atoms with Crippen LogP contribution in [0.1, 0.15) is 18.5 Å². The molecule has 0 spiro atoms. The van der Waals surface area contributed by atoms with Crippen LogP contribution >= 0.6 is 0 Å². The summed E-state index contributed by atoms with van der Waals surface area (Å²) in [7, 11) is -2.70. The van der Waals surface area contributed by atoms with E-state index in [0.29, 0.717) is 18.1 Å². The summed E-state index contributed by atoms with van der Waals surface area (Å²) in [6.45, 7) is 1.87. The highest BCUT2D eigenvalue weighted by atomic mass is 32.2. The molecular formula is C25H25FN2O6S. The highest BCUT2D eigenvalue weighted by molar-refractivity contribution is 7.92. The normalized spacial score (nSPS) is 13.6. The SMILES string of the molecule is COc1ccc(C(C)NC(=O)CN(c2cccc(F)c2)S(=O)(=O)c2ccc3c(c2)OCCO3)cc1. The third-order valence-corrected chi connectivity index (χ3v) is 7.25. The number of benzene rings is 3. The number of anilines is 1. The van der Waals surface area contributed by atoms with E-state index in [9.17, 15) is 17.6 Å². The monoisotopic (exact) mass is 500 g/mol. The van der Waals surface area contributed by atoms with E-state index >= 15 is 0 Å². The van der Waals surface area contributed by atoms with Crippen molar-refractivity contribution in [3.05, 3.63) is 78.1 Å². The van der Waals surface area contributed by atoms with E-state index in [4.69, 9.17) is 14.2 Å². The average molecular weight is 501 g/mol.